The Morgan fingerprint density at radius 2 is 2.24 bits per heavy atom. The lowest BCUT2D eigenvalue weighted by atomic mass is 10.6. The largest absolute Gasteiger partial charge is 0.400 e. The van der Waals surface area contributed by atoms with E-state index in [-0.39, 0.29) is 11.9 Å². The van der Waals surface area contributed by atoms with Crippen LogP contribution in [0.2, 0.25) is 0 Å². The van der Waals surface area contributed by atoms with Crippen LogP contribution in [0.1, 0.15) is 0 Å². The molecule has 0 aliphatic rings. The summed E-state index contributed by atoms with van der Waals surface area (Å²) in [7, 11) is 1.75. The molecule has 0 saturated heterocycles. The van der Waals surface area contributed by atoms with Gasteiger partial charge in [-0.2, -0.15) is 9.97 Å². The van der Waals surface area contributed by atoms with Crippen molar-refractivity contribution in [2.75, 3.05) is 5.73 Å². The maximum absolute atomic E-state index is 5.66. The molecule has 0 unspecified atom stereocenters. The lowest BCUT2D eigenvalue weighted by Gasteiger charge is -2.03. The third-order valence-electron chi connectivity index (χ3n) is 2.13. The Labute approximate surface area is 95.7 Å². The van der Waals surface area contributed by atoms with Gasteiger partial charge in [0.1, 0.15) is 12.1 Å². The van der Waals surface area contributed by atoms with Gasteiger partial charge in [0.2, 0.25) is 5.65 Å². The predicted molar refractivity (Wildman–Crippen MR) is 58.5 cm³/mol. The Morgan fingerprint density at radius 1 is 1.35 bits per heavy atom. The van der Waals surface area contributed by atoms with E-state index in [0.717, 1.165) is 0 Å². The lowest BCUT2D eigenvalue weighted by Crippen LogP contribution is -2.00. The smallest absolute Gasteiger partial charge is 0.342 e. The highest BCUT2D eigenvalue weighted by Gasteiger charge is 2.10. The monoisotopic (exact) mass is 231 g/mol. The molecule has 0 bridgehead atoms. The van der Waals surface area contributed by atoms with E-state index in [9.17, 15) is 0 Å². The first-order valence-corrected chi connectivity index (χ1v) is 4.85. The molecule has 0 saturated carbocycles. The van der Waals surface area contributed by atoms with E-state index < -0.39 is 0 Å². The van der Waals surface area contributed by atoms with E-state index in [1.54, 1.807) is 30.0 Å². The molecule has 17 heavy (non-hydrogen) atoms. The molecule has 3 aromatic rings. The summed E-state index contributed by atoms with van der Waals surface area (Å²) in [6.45, 7) is 0. The number of anilines is 1. The Morgan fingerprint density at radius 3 is 3.00 bits per heavy atom. The standard InChI is InChI=1S/C9H9N7O/c1-15-5-12-9(14-15)17-8-7-11-2-3-16(7)4-6(10)13-8/h2-5H,10H2,1H3. The molecular formula is C9H9N7O. The van der Waals surface area contributed by atoms with Crippen LogP contribution in [0.25, 0.3) is 5.65 Å². The summed E-state index contributed by atoms with van der Waals surface area (Å²) in [6.07, 6.45) is 6.58. The van der Waals surface area contributed by atoms with Crippen molar-refractivity contribution >= 4 is 11.5 Å². The number of imidazole rings is 1. The molecule has 3 rings (SSSR count). The zero-order valence-corrected chi connectivity index (χ0v) is 8.98. The molecule has 0 fully saturated rings. The lowest BCUT2D eigenvalue weighted by molar-refractivity contribution is 0.425. The van der Waals surface area contributed by atoms with Gasteiger partial charge in [0, 0.05) is 19.4 Å². The number of rotatable bonds is 2. The zero-order chi connectivity index (χ0) is 11.8. The molecule has 3 heterocycles. The molecule has 8 nitrogen and oxygen atoms in total. The van der Waals surface area contributed by atoms with E-state index in [0.29, 0.717) is 11.5 Å². The number of fused-ring (bicyclic) bond motifs is 1. The SMILES string of the molecule is Cn1cnc(Oc2nc(N)cn3ccnc23)n1. The average molecular weight is 231 g/mol. The number of nitrogen functional groups attached to an aromatic ring is 1. The van der Waals surface area contributed by atoms with E-state index in [1.165, 1.54) is 11.0 Å². The number of ether oxygens (including phenoxy) is 1. The second-order valence-electron chi connectivity index (χ2n) is 3.43. The van der Waals surface area contributed by atoms with E-state index in [1.807, 2.05) is 0 Å². The molecule has 0 aliphatic carbocycles. The summed E-state index contributed by atoms with van der Waals surface area (Å²) in [6, 6.07) is 0.204. The number of nitrogens with zero attached hydrogens (tertiary/aromatic N) is 6. The maximum Gasteiger partial charge on any atom is 0.342 e. The number of nitrogens with two attached hydrogens (primary N) is 1. The normalized spacial score (nSPS) is 10.9. The molecule has 86 valence electrons. The quantitative estimate of drug-likeness (QED) is 0.678. The topological polar surface area (TPSA) is 96.1 Å². The second kappa shape index (κ2) is 3.44. The summed E-state index contributed by atoms with van der Waals surface area (Å²) in [5, 5.41) is 3.99. The van der Waals surface area contributed by atoms with Crippen LogP contribution in [-0.2, 0) is 7.05 Å². The van der Waals surface area contributed by atoms with Gasteiger partial charge in [0.05, 0.1) is 6.20 Å². The highest BCUT2D eigenvalue weighted by molar-refractivity contribution is 5.53. The molecule has 0 spiro atoms. The van der Waals surface area contributed by atoms with Gasteiger partial charge in [0.15, 0.2) is 0 Å². The van der Waals surface area contributed by atoms with E-state index in [4.69, 9.17) is 10.5 Å². The molecule has 0 atom stereocenters. The van der Waals surface area contributed by atoms with Crippen LogP contribution in [0.3, 0.4) is 0 Å². The highest BCUT2D eigenvalue weighted by atomic mass is 16.5. The van der Waals surface area contributed by atoms with Gasteiger partial charge in [-0.25, -0.2) is 4.98 Å². The van der Waals surface area contributed by atoms with Crippen LogP contribution >= 0.6 is 0 Å². The van der Waals surface area contributed by atoms with Crippen molar-refractivity contribution in [3.63, 3.8) is 0 Å². The van der Waals surface area contributed by atoms with Gasteiger partial charge in [-0.05, 0) is 0 Å². The van der Waals surface area contributed by atoms with Gasteiger partial charge in [-0.15, -0.1) is 5.10 Å². The molecule has 0 amide bonds. The molecule has 2 N–H and O–H groups in total. The fraction of sp³-hybridized carbons (Fsp3) is 0.111. The van der Waals surface area contributed by atoms with Crippen molar-refractivity contribution in [2.24, 2.45) is 7.05 Å². The molecule has 0 radical (unpaired) electrons. The Balaban J connectivity index is 2.07. The third-order valence-corrected chi connectivity index (χ3v) is 2.13. The van der Waals surface area contributed by atoms with Crippen molar-refractivity contribution in [1.82, 2.24) is 29.1 Å². The first kappa shape index (κ1) is 9.58. The highest BCUT2D eigenvalue weighted by Crippen LogP contribution is 2.21. The number of hydrogen-bond donors (Lipinski definition) is 1. The van der Waals surface area contributed by atoms with Crippen molar-refractivity contribution in [2.45, 2.75) is 0 Å². The van der Waals surface area contributed by atoms with Crippen LogP contribution < -0.4 is 10.5 Å². The van der Waals surface area contributed by atoms with E-state index in [2.05, 4.69) is 20.1 Å². The van der Waals surface area contributed by atoms with Crippen molar-refractivity contribution in [1.29, 1.82) is 0 Å². The predicted octanol–water partition coefficient (Wildman–Crippen LogP) is 0.232. The van der Waals surface area contributed by atoms with Gasteiger partial charge < -0.3 is 10.5 Å². The van der Waals surface area contributed by atoms with Crippen molar-refractivity contribution in [3.8, 4) is 11.9 Å². The fourth-order valence-corrected chi connectivity index (χ4v) is 1.44. The van der Waals surface area contributed by atoms with Crippen LogP contribution in [0, 0.1) is 0 Å². The Kier molecular flexibility index (Phi) is 1.94. The van der Waals surface area contributed by atoms with Crippen LogP contribution in [0.15, 0.2) is 24.9 Å². The van der Waals surface area contributed by atoms with Crippen LogP contribution in [0.4, 0.5) is 5.82 Å². The summed E-state index contributed by atoms with van der Waals surface area (Å²) in [4.78, 5) is 12.1. The summed E-state index contributed by atoms with van der Waals surface area (Å²) < 4.78 is 8.69. The summed E-state index contributed by atoms with van der Waals surface area (Å²) >= 11 is 0. The summed E-state index contributed by atoms with van der Waals surface area (Å²) in [5.41, 5.74) is 6.22. The first-order chi connectivity index (χ1) is 8.22. The maximum atomic E-state index is 5.66. The minimum absolute atomic E-state index is 0.204. The molecular weight excluding hydrogens is 222 g/mol. The number of aryl methyl sites for hydroxylation is 1. The second-order valence-corrected chi connectivity index (χ2v) is 3.43. The van der Waals surface area contributed by atoms with E-state index >= 15 is 0 Å². The fourth-order valence-electron chi connectivity index (χ4n) is 1.44. The Hall–Kier alpha value is -2.64. The first-order valence-electron chi connectivity index (χ1n) is 4.85. The van der Waals surface area contributed by atoms with Gasteiger partial charge >= 0.3 is 6.01 Å². The Bertz CT molecular complexity index is 671. The molecule has 3 aromatic heterocycles. The average Bonchev–Trinajstić information content (AvgIpc) is 2.87. The minimum Gasteiger partial charge on any atom is -0.400 e. The molecule has 0 aliphatic heterocycles. The molecule has 0 aromatic carbocycles. The number of hydrogen-bond acceptors (Lipinski definition) is 6. The summed E-state index contributed by atoms with van der Waals surface area (Å²) in [5.74, 6) is 0.614. The van der Waals surface area contributed by atoms with Gasteiger partial charge in [-0.3, -0.25) is 9.08 Å². The van der Waals surface area contributed by atoms with Crippen LogP contribution in [0.5, 0.6) is 11.9 Å². The van der Waals surface area contributed by atoms with Crippen LogP contribution in [-0.4, -0.2) is 29.1 Å². The van der Waals surface area contributed by atoms with Gasteiger partial charge in [0.25, 0.3) is 5.88 Å². The molecule has 8 heteroatoms. The minimum atomic E-state index is 0.204. The third kappa shape index (κ3) is 1.65. The van der Waals surface area contributed by atoms with Gasteiger partial charge in [-0.1, -0.05) is 0 Å². The zero-order valence-electron chi connectivity index (χ0n) is 8.98. The van der Waals surface area contributed by atoms with Crippen molar-refractivity contribution < 1.29 is 4.74 Å². The van der Waals surface area contributed by atoms with Crippen molar-refractivity contribution in [3.05, 3.63) is 24.9 Å². The number of aromatic nitrogens is 6.